The molecule has 39 heavy (non-hydrogen) atoms. The average molecular weight is 553 g/mol. The first-order chi connectivity index (χ1) is 20.0. The number of carbonyl (C=O) groups is 1. The van der Waals surface area contributed by atoms with Crippen molar-refractivity contribution in [2.24, 2.45) is 0 Å². The first kappa shape index (κ1) is 23.9. The minimum absolute atomic E-state index is 0.0685. The molecule has 1 heterocycles. The molecule has 4 aromatic rings. The van der Waals surface area contributed by atoms with Crippen LogP contribution in [-0.2, 0) is 11.4 Å². The van der Waals surface area contributed by atoms with Crippen LogP contribution in [0.1, 0.15) is 16.6 Å². The molecule has 4 rings (SSSR count). The van der Waals surface area contributed by atoms with Gasteiger partial charge in [-0.2, -0.15) is 0 Å². The van der Waals surface area contributed by atoms with Gasteiger partial charge in [-0.1, -0.05) is 29.8 Å². The van der Waals surface area contributed by atoms with Crippen molar-refractivity contribution >= 4 is 45.6 Å². The van der Waals surface area contributed by atoms with Crippen LogP contribution >= 0.6 is 11.6 Å². The Bertz CT molecular complexity index is 1600. The predicted molar refractivity (Wildman–Crippen MR) is 152 cm³/mol. The summed E-state index contributed by atoms with van der Waals surface area (Å²) in [5.41, 5.74) is 2.26. The van der Waals surface area contributed by atoms with E-state index in [-0.39, 0.29) is 19.0 Å². The molecule has 10 heteroatoms. The van der Waals surface area contributed by atoms with E-state index in [4.69, 9.17) is 25.2 Å². The minimum atomic E-state index is -2.26. The standard InChI is InChI=1S/C29H29ClFN5O3/c1-4-38-27-16-24-22(15-25(27)35-28(37)9-6-12-36(2)3)29(33-18-32-24)34-21-10-11-26(23(30)14-21)39-17-19-7-5-8-20(31)13-19/h5-11,13-16,18H,4,12,17H2,1-3H3,(H,35,37)(H,32,33,34)/i2D3. The third-order valence-electron chi connectivity index (χ3n) is 5.42. The fraction of sp³-hybridized carbons (Fsp3) is 0.207. The quantitative estimate of drug-likeness (QED) is 0.214. The van der Waals surface area contributed by atoms with E-state index in [1.165, 1.54) is 37.7 Å². The van der Waals surface area contributed by atoms with Crippen molar-refractivity contribution in [3.05, 3.63) is 89.5 Å². The van der Waals surface area contributed by atoms with Gasteiger partial charge in [0.1, 0.15) is 36.1 Å². The Kier molecular flexibility index (Phi) is 7.98. The molecule has 0 atom stereocenters. The lowest BCUT2D eigenvalue weighted by atomic mass is 10.1. The number of hydrogen-bond acceptors (Lipinski definition) is 7. The first-order valence-corrected chi connectivity index (χ1v) is 12.5. The second-order valence-electron chi connectivity index (χ2n) is 8.48. The number of nitrogens with zero attached hydrogens (tertiary/aromatic N) is 3. The molecule has 0 saturated heterocycles. The van der Waals surface area contributed by atoms with E-state index in [0.717, 1.165) is 4.90 Å². The number of hydrogen-bond donors (Lipinski definition) is 2. The fourth-order valence-corrected chi connectivity index (χ4v) is 3.90. The molecule has 3 aromatic carbocycles. The van der Waals surface area contributed by atoms with Gasteiger partial charge in [-0.25, -0.2) is 14.4 Å². The molecule has 0 aliphatic heterocycles. The van der Waals surface area contributed by atoms with Gasteiger partial charge in [0.25, 0.3) is 0 Å². The van der Waals surface area contributed by atoms with Crippen molar-refractivity contribution in [3.63, 3.8) is 0 Å². The second kappa shape index (κ2) is 13.0. The van der Waals surface area contributed by atoms with Crippen LogP contribution < -0.4 is 20.1 Å². The third kappa shape index (κ3) is 7.66. The maximum absolute atomic E-state index is 13.5. The Hall–Kier alpha value is -4.21. The Balaban J connectivity index is 1.53. The Morgan fingerprint density at radius 1 is 1.15 bits per heavy atom. The molecule has 0 aliphatic carbocycles. The Morgan fingerprint density at radius 2 is 2.03 bits per heavy atom. The van der Waals surface area contributed by atoms with Gasteiger partial charge in [0.05, 0.1) is 22.8 Å². The number of carbonyl (C=O) groups excluding carboxylic acids is 1. The van der Waals surface area contributed by atoms with Crippen molar-refractivity contribution in [1.29, 1.82) is 0 Å². The van der Waals surface area contributed by atoms with Crippen LogP contribution in [0.2, 0.25) is 5.02 Å². The summed E-state index contributed by atoms with van der Waals surface area (Å²) in [7, 11) is 1.45. The molecular weight excluding hydrogens is 521 g/mol. The topological polar surface area (TPSA) is 88.6 Å². The largest absolute Gasteiger partial charge is 0.492 e. The van der Waals surface area contributed by atoms with Crippen LogP contribution in [0.25, 0.3) is 10.9 Å². The highest BCUT2D eigenvalue weighted by atomic mass is 35.5. The number of nitrogens with one attached hydrogen (secondary N) is 2. The summed E-state index contributed by atoms with van der Waals surface area (Å²) in [6.45, 7) is 0.144. The molecule has 0 aliphatic rings. The number of halogens is 2. The summed E-state index contributed by atoms with van der Waals surface area (Å²) in [5, 5.41) is 6.95. The van der Waals surface area contributed by atoms with Crippen LogP contribution in [-0.4, -0.2) is 48.0 Å². The molecule has 1 amide bonds. The zero-order valence-electron chi connectivity index (χ0n) is 24.4. The SMILES string of the molecule is [2H]C([2H])([2H])N(C)CC=CC(=O)Nc1cc2c(Nc3ccc(OCc4cccc(F)c4)c(Cl)c3)ncnc2cc1OCC. The van der Waals surface area contributed by atoms with E-state index in [1.54, 1.807) is 42.5 Å². The van der Waals surface area contributed by atoms with Gasteiger partial charge in [0, 0.05) is 33.9 Å². The van der Waals surface area contributed by atoms with Crippen molar-refractivity contribution in [1.82, 2.24) is 14.9 Å². The Morgan fingerprint density at radius 3 is 2.79 bits per heavy atom. The van der Waals surface area contributed by atoms with Gasteiger partial charge in [-0.3, -0.25) is 4.79 Å². The summed E-state index contributed by atoms with van der Waals surface area (Å²) >= 11 is 6.46. The Labute approximate surface area is 235 Å². The van der Waals surface area contributed by atoms with Gasteiger partial charge in [0.15, 0.2) is 0 Å². The zero-order chi connectivity index (χ0) is 30.3. The zero-order valence-corrected chi connectivity index (χ0v) is 22.1. The highest BCUT2D eigenvalue weighted by molar-refractivity contribution is 6.32. The van der Waals surface area contributed by atoms with Crippen molar-refractivity contribution in [2.45, 2.75) is 13.5 Å². The maximum atomic E-state index is 13.5. The number of anilines is 3. The molecule has 8 nitrogen and oxygen atoms in total. The number of amides is 1. The van der Waals surface area contributed by atoms with Crippen LogP contribution in [0.3, 0.4) is 0 Å². The fourth-order valence-electron chi connectivity index (χ4n) is 3.67. The summed E-state index contributed by atoms with van der Waals surface area (Å²) in [6, 6.07) is 14.7. The molecule has 2 N–H and O–H groups in total. The molecular formula is C29H29ClFN5O3. The second-order valence-corrected chi connectivity index (χ2v) is 8.89. The van der Waals surface area contributed by atoms with Crippen LogP contribution in [0.15, 0.2) is 73.1 Å². The van der Waals surface area contributed by atoms with E-state index in [1.807, 2.05) is 6.92 Å². The molecule has 0 fully saturated rings. The molecule has 1 aromatic heterocycles. The number of rotatable bonds is 11. The number of ether oxygens (including phenoxy) is 2. The van der Waals surface area contributed by atoms with Crippen LogP contribution in [0.5, 0.6) is 11.5 Å². The van der Waals surface area contributed by atoms with Crippen LogP contribution in [0.4, 0.5) is 21.6 Å². The number of benzene rings is 3. The molecule has 0 spiro atoms. The number of fused-ring (bicyclic) bond motifs is 1. The number of aromatic nitrogens is 2. The lowest BCUT2D eigenvalue weighted by Gasteiger charge is -2.15. The molecule has 0 bridgehead atoms. The minimum Gasteiger partial charge on any atom is -0.492 e. The summed E-state index contributed by atoms with van der Waals surface area (Å²) < 4.78 is 47.1. The van der Waals surface area contributed by atoms with Gasteiger partial charge in [0.2, 0.25) is 5.91 Å². The third-order valence-corrected chi connectivity index (χ3v) is 5.72. The summed E-state index contributed by atoms with van der Waals surface area (Å²) in [6.07, 6.45) is 4.14. The van der Waals surface area contributed by atoms with Gasteiger partial charge < -0.3 is 25.0 Å². The van der Waals surface area contributed by atoms with Crippen molar-refractivity contribution in [3.8, 4) is 11.5 Å². The van der Waals surface area contributed by atoms with E-state index in [9.17, 15) is 9.18 Å². The van der Waals surface area contributed by atoms with E-state index >= 15 is 0 Å². The van der Waals surface area contributed by atoms with Crippen molar-refractivity contribution < 1.29 is 22.8 Å². The van der Waals surface area contributed by atoms with Crippen LogP contribution in [0, 0.1) is 5.82 Å². The molecule has 0 saturated carbocycles. The van der Waals surface area contributed by atoms with Gasteiger partial charge >= 0.3 is 0 Å². The monoisotopic (exact) mass is 552 g/mol. The number of likely N-dealkylation sites (N-methyl/N-ethyl adjacent to an activating group) is 1. The smallest absolute Gasteiger partial charge is 0.248 e. The first-order valence-electron chi connectivity index (χ1n) is 13.6. The molecule has 0 unspecified atom stereocenters. The summed E-state index contributed by atoms with van der Waals surface area (Å²) in [5.74, 6) is 0.506. The highest BCUT2D eigenvalue weighted by Crippen LogP contribution is 2.35. The predicted octanol–water partition coefficient (Wildman–Crippen LogP) is 6.20. The summed E-state index contributed by atoms with van der Waals surface area (Å²) in [4.78, 5) is 22.5. The lowest BCUT2D eigenvalue weighted by molar-refractivity contribution is -0.111. The molecule has 202 valence electrons. The maximum Gasteiger partial charge on any atom is 0.248 e. The van der Waals surface area contributed by atoms with E-state index in [0.29, 0.717) is 56.8 Å². The molecule has 0 radical (unpaired) electrons. The van der Waals surface area contributed by atoms with E-state index < -0.39 is 12.9 Å². The lowest BCUT2D eigenvalue weighted by Crippen LogP contribution is -2.13. The van der Waals surface area contributed by atoms with Crippen molar-refractivity contribution in [2.75, 3.05) is 37.8 Å². The highest BCUT2D eigenvalue weighted by Gasteiger charge is 2.14. The van der Waals surface area contributed by atoms with E-state index in [2.05, 4.69) is 20.6 Å². The van der Waals surface area contributed by atoms with Gasteiger partial charge in [-0.15, -0.1) is 0 Å². The normalized spacial score (nSPS) is 12.7. The van der Waals surface area contributed by atoms with Gasteiger partial charge in [-0.05, 0) is 62.9 Å². The average Bonchev–Trinajstić information content (AvgIpc) is 2.93.